The van der Waals surface area contributed by atoms with Crippen LogP contribution in [0, 0.1) is 0 Å². The molecule has 12 heteroatoms. The summed E-state index contributed by atoms with van der Waals surface area (Å²) in [4.78, 5) is 62.2. The van der Waals surface area contributed by atoms with Gasteiger partial charge in [0.1, 0.15) is 12.1 Å². The molecule has 3 unspecified atom stereocenters. The molecule has 4 amide bonds. The number of amides is 4. The number of fused-ring (bicyclic) bond motifs is 1. The smallest absolute Gasteiger partial charge is 0.326 e. The molecule has 2 rings (SSSR count). The second kappa shape index (κ2) is 11.6. The minimum Gasteiger partial charge on any atom is -0.480 e. The van der Waals surface area contributed by atoms with Crippen molar-refractivity contribution in [1.29, 1.82) is 0 Å². The molecule has 0 saturated heterocycles. The highest BCUT2D eigenvalue weighted by Crippen LogP contribution is 2.19. The number of benzene rings is 1. The summed E-state index contributed by atoms with van der Waals surface area (Å²) in [5.74, 6) is -4.00. The van der Waals surface area contributed by atoms with Crippen molar-refractivity contribution >= 4 is 40.5 Å². The third kappa shape index (κ3) is 7.61. The lowest BCUT2D eigenvalue weighted by Crippen LogP contribution is -2.53. The number of H-pyrrole nitrogens is 1. The highest BCUT2D eigenvalue weighted by Gasteiger charge is 2.25. The number of carboxylic acids is 1. The quantitative estimate of drug-likeness (QED) is 0.199. The third-order valence-corrected chi connectivity index (χ3v) is 4.88. The van der Waals surface area contributed by atoms with E-state index in [1.807, 2.05) is 24.3 Å². The van der Waals surface area contributed by atoms with Crippen LogP contribution in [0.5, 0.6) is 0 Å². The van der Waals surface area contributed by atoms with Gasteiger partial charge in [-0.3, -0.25) is 19.2 Å². The number of hydrogen-bond acceptors (Lipinski definition) is 6. The molecule has 33 heavy (non-hydrogen) atoms. The van der Waals surface area contributed by atoms with E-state index >= 15 is 0 Å². The van der Waals surface area contributed by atoms with E-state index in [2.05, 4.69) is 20.9 Å². The Labute approximate surface area is 189 Å². The predicted molar refractivity (Wildman–Crippen MR) is 119 cm³/mol. The van der Waals surface area contributed by atoms with Gasteiger partial charge in [0.15, 0.2) is 0 Å². The van der Waals surface area contributed by atoms with Crippen molar-refractivity contribution in [2.75, 3.05) is 6.54 Å². The van der Waals surface area contributed by atoms with E-state index in [0.29, 0.717) is 0 Å². The molecule has 0 saturated carbocycles. The minimum atomic E-state index is -1.34. The van der Waals surface area contributed by atoms with E-state index in [4.69, 9.17) is 16.6 Å². The zero-order chi connectivity index (χ0) is 24.5. The molecule has 3 atom stereocenters. The summed E-state index contributed by atoms with van der Waals surface area (Å²) < 4.78 is 0. The molecular formula is C21H28N6O6. The highest BCUT2D eigenvalue weighted by atomic mass is 16.4. The fourth-order valence-corrected chi connectivity index (χ4v) is 3.11. The maximum absolute atomic E-state index is 12.8. The fraction of sp³-hybridized carbons (Fsp3) is 0.381. The summed E-state index contributed by atoms with van der Waals surface area (Å²) in [6.07, 6.45) is 1.45. The number of rotatable bonds is 12. The van der Waals surface area contributed by atoms with Crippen molar-refractivity contribution in [2.24, 2.45) is 11.5 Å². The Balaban J connectivity index is 2.04. The molecule has 0 fully saturated rings. The second-order valence-electron chi connectivity index (χ2n) is 7.59. The molecule has 178 valence electrons. The van der Waals surface area contributed by atoms with Gasteiger partial charge in [0.25, 0.3) is 0 Å². The molecule has 0 radical (unpaired) electrons. The second-order valence-corrected chi connectivity index (χ2v) is 7.59. The van der Waals surface area contributed by atoms with Gasteiger partial charge in [0.05, 0.1) is 12.6 Å². The first-order valence-electron chi connectivity index (χ1n) is 10.3. The van der Waals surface area contributed by atoms with Crippen molar-refractivity contribution in [2.45, 2.75) is 44.3 Å². The number of carbonyl (C=O) groups excluding carboxylic acids is 4. The summed E-state index contributed by atoms with van der Waals surface area (Å²) in [5.41, 5.74) is 12.2. The number of nitrogens with two attached hydrogens (primary N) is 2. The maximum atomic E-state index is 12.8. The maximum Gasteiger partial charge on any atom is 0.326 e. The van der Waals surface area contributed by atoms with Gasteiger partial charge >= 0.3 is 5.97 Å². The molecule has 12 nitrogen and oxygen atoms in total. The first-order chi connectivity index (χ1) is 15.6. The molecule has 1 heterocycles. The van der Waals surface area contributed by atoms with Crippen molar-refractivity contribution in [1.82, 2.24) is 20.9 Å². The number of carboxylic acid groups (broad SMARTS) is 1. The van der Waals surface area contributed by atoms with Gasteiger partial charge in [-0.25, -0.2) is 4.79 Å². The lowest BCUT2D eigenvalue weighted by molar-refractivity contribution is -0.142. The van der Waals surface area contributed by atoms with Crippen molar-refractivity contribution in [3.05, 3.63) is 36.0 Å². The predicted octanol–water partition coefficient (Wildman–Crippen LogP) is -1.51. The topological polar surface area (TPSA) is 209 Å². The molecule has 9 N–H and O–H groups in total. The fourth-order valence-electron chi connectivity index (χ4n) is 3.11. The van der Waals surface area contributed by atoms with Crippen molar-refractivity contribution < 1.29 is 29.1 Å². The average molecular weight is 460 g/mol. The number of nitrogens with one attached hydrogen (secondary N) is 4. The van der Waals surface area contributed by atoms with Gasteiger partial charge < -0.3 is 37.5 Å². The molecule has 0 aliphatic heterocycles. The Morgan fingerprint density at radius 2 is 1.76 bits per heavy atom. The van der Waals surface area contributed by atoms with E-state index in [0.717, 1.165) is 16.5 Å². The van der Waals surface area contributed by atoms with Crippen LogP contribution in [0.25, 0.3) is 10.9 Å². The Hall–Kier alpha value is -3.93. The van der Waals surface area contributed by atoms with Crippen LogP contribution in [-0.4, -0.2) is 64.4 Å². The van der Waals surface area contributed by atoms with Crippen molar-refractivity contribution in [3.63, 3.8) is 0 Å². The highest BCUT2D eigenvalue weighted by molar-refractivity contribution is 5.93. The third-order valence-electron chi connectivity index (χ3n) is 4.88. The van der Waals surface area contributed by atoms with Crippen LogP contribution in [0.2, 0.25) is 0 Å². The monoisotopic (exact) mass is 460 g/mol. The standard InChI is InChI=1S/C21H28N6O6/c1-11(22)19(30)27-16(8-12-9-24-14-5-3-2-4-13(12)14)20(31)25-10-18(29)26-15(21(32)33)6-7-17(23)28/h2-5,9,11,15-16,24H,6-8,10,22H2,1H3,(H2,23,28)(H,25,31)(H,26,29)(H,27,30)(H,32,33). The summed E-state index contributed by atoms with van der Waals surface area (Å²) in [5, 5.41) is 17.2. The van der Waals surface area contributed by atoms with E-state index < -0.39 is 54.3 Å². The van der Waals surface area contributed by atoms with Gasteiger partial charge in [0.2, 0.25) is 23.6 Å². The van der Waals surface area contributed by atoms with Crippen LogP contribution in [0.4, 0.5) is 0 Å². The van der Waals surface area contributed by atoms with E-state index in [1.54, 1.807) is 6.20 Å². The Bertz CT molecular complexity index is 1030. The SMILES string of the molecule is CC(N)C(=O)NC(Cc1c[nH]c2ccccc12)C(=O)NCC(=O)NC(CCC(N)=O)C(=O)O. The van der Waals surface area contributed by atoms with Gasteiger partial charge in [0, 0.05) is 29.9 Å². The van der Waals surface area contributed by atoms with Crippen LogP contribution >= 0.6 is 0 Å². The number of aliphatic carboxylic acids is 1. The van der Waals surface area contributed by atoms with E-state index in [1.165, 1.54) is 6.92 Å². The Morgan fingerprint density at radius 1 is 1.06 bits per heavy atom. The first-order valence-corrected chi connectivity index (χ1v) is 10.3. The number of primary amides is 1. The zero-order valence-corrected chi connectivity index (χ0v) is 18.1. The van der Waals surface area contributed by atoms with Crippen LogP contribution < -0.4 is 27.4 Å². The number of carbonyl (C=O) groups is 5. The first kappa shape index (κ1) is 25.3. The summed E-state index contributed by atoms with van der Waals surface area (Å²) in [7, 11) is 0. The normalized spacial score (nSPS) is 13.5. The Kier molecular flexibility index (Phi) is 8.92. The largest absolute Gasteiger partial charge is 0.480 e. The van der Waals surface area contributed by atoms with Gasteiger partial charge in [-0.1, -0.05) is 18.2 Å². The minimum absolute atomic E-state index is 0.131. The van der Waals surface area contributed by atoms with Crippen LogP contribution in [0.3, 0.4) is 0 Å². The molecular weight excluding hydrogens is 432 g/mol. The van der Waals surface area contributed by atoms with Crippen LogP contribution in [0.1, 0.15) is 25.3 Å². The van der Waals surface area contributed by atoms with Crippen LogP contribution in [-0.2, 0) is 30.4 Å². The Morgan fingerprint density at radius 3 is 2.39 bits per heavy atom. The number of aromatic amines is 1. The lowest BCUT2D eigenvalue weighted by Gasteiger charge is -2.20. The van der Waals surface area contributed by atoms with Crippen LogP contribution in [0.15, 0.2) is 30.5 Å². The molecule has 1 aromatic heterocycles. The number of aromatic nitrogens is 1. The van der Waals surface area contributed by atoms with E-state index in [-0.39, 0.29) is 19.3 Å². The van der Waals surface area contributed by atoms with Gasteiger partial charge in [-0.05, 0) is 25.0 Å². The lowest BCUT2D eigenvalue weighted by atomic mass is 10.0. The molecule has 1 aromatic carbocycles. The summed E-state index contributed by atoms with van der Waals surface area (Å²) in [6.45, 7) is 0.944. The number of para-hydroxylation sites is 1. The average Bonchev–Trinajstić information content (AvgIpc) is 3.16. The summed E-state index contributed by atoms with van der Waals surface area (Å²) in [6, 6.07) is 4.23. The molecule has 0 spiro atoms. The molecule has 0 bridgehead atoms. The van der Waals surface area contributed by atoms with Crippen molar-refractivity contribution in [3.8, 4) is 0 Å². The molecule has 2 aromatic rings. The molecule has 0 aliphatic carbocycles. The summed E-state index contributed by atoms with van der Waals surface area (Å²) >= 11 is 0. The van der Waals surface area contributed by atoms with Gasteiger partial charge in [-0.15, -0.1) is 0 Å². The number of hydrogen-bond donors (Lipinski definition) is 7. The van der Waals surface area contributed by atoms with E-state index in [9.17, 15) is 24.0 Å². The molecule has 0 aliphatic rings. The van der Waals surface area contributed by atoms with Gasteiger partial charge in [-0.2, -0.15) is 0 Å². The zero-order valence-electron chi connectivity index (χ0n) is 18.1.